The Morgan fingerprint density at radius 3 is 3.00 bits per heavy atom. The fourth-order valence-corrected chi connectivity index (χ4v) is 4.72. The van der Waals surface area contributed by atoms with Crippen molar-refractivity contribution < 1.29 is 14.3 Å². The normalized spacial score (nSPS) is 18.7. The van der Waals surface area contributed by atoms with E-state index in [0.29, 0.717) is 61.0 Å². The Hall–Kier alpha value is -2.52. The molecule has 9 heteroatoms. The molecule has 2 aliphatic heterocycles. The van der Waals surface area contributed by atoms with Gasteiger partial charge in [0.2, 0.25) is 5.91 Å². The zero-order chi connectivity index (χ0) is 20.4. The number of carbonyl (C=O) groups excluding carboxylic acids is 2. The van der Waals surface area contributed by atoms with Crippen LogP contribution < -0.4 is 5.56 Å². The van der Waals surface area contributed by atoms with Gasteiger partial charge in [-0.05, 0) is 30.7 Å². The van der Waals surface area contributed by atoms with Crippen molar-refractivity contribution in [3.05, 3.63) is 49.8 Å². The molecular formula is C20H24N4O4S. The number of hydrogen-bond acceptors (Lipinski definition) is 6. The van der Waals surface area contributed by atoms with Crippen molar-refractivity contribution >= 4 is 23.2 Å². The maximum absolute atomic E-state index is 12.7. The van der Waals surface area contributed by atoms with Crippen LogP contribution in [0.25, 0.3) is 0 Å². The van der Waals surface area contributed by atoms with Gasteiger partial charge in [0.05, 0.1) is 36.2 Å². The van der Waals surface area contributed by atoms with Gasteiger partial charge in [-0.3, -0.25) is 14.4 Å². The highest BCUT2D eigenvalue weighted by Crippen LogP contribution is 2.31. The predicted molar refractivity (Wildman–Crippen MR) is 108 cm³/mol. The van der Waals surface area contributed by atoms with Gasteiger partial charge in [0, 0.05) is 25.8 Å². The Balaban J connectivity index is 1.57. The summed E-state index contributed by atoms with van der Waals surface area (Å²) in [6, 6.07) is 3.42. The van der Waals surface area contributed by atoms with Gasteiger partial charge in [0.15, 0.2) is 0 Å². The first kappa shape index (κ1) is 19.8. The molecule has 0 bridgehead atoms. The van der Waals surface area contributed by atoms with E-state index in [-0.39, 0.29) is 23.4 Å². The topological polar surface area (TPSA) is 95.6 Å². The van der Waals surface area contributed by atoms with E-state index in [0.717, 1.165) is 12.8 Å². The van der Waals surface area contributed by atoms with Crippen LogP contribution in [0.4, 0.5) is 0 Å². The van der Waals surface area contributed by atoms with E-state index in [4.69, 9.17) is 9.72 Å². The second-order valence-corrected chi connectivity index (χ2v) is 8.27. The third kappa shape index (κ3) is 3.97. The van der Waals surface area contributed by atoms with Gasteiger partial charge in [0.25, 0.3) is 11.5 Å². The number of nitrogens with zero attached hydrogens (tertiary/aromatic N) is 3. The smallest absolute Gasteiger partial charge is 0.264 e. The standard InChI is InChI=1S/C20H24N4O4S/c1-28-10-7-17(25)24-8-2-4-15(24)18-21-14-12-23(9-6-13(14)19(26)22-18)20(27)16-5-3-11-29-16/h3,5,11,15H,2,4,6-10,12H2,1H3,(H,21,22,26)/t15-/m1/s1. The Morgan fingerprint density at radius 2 is 2.24 bits per heavy atom. The first-order chi connectivity index (χ1) is 14.1. The molecule has 0 saturated carbocycles. The van der Waals surface area contributed by atoms with Crippen molar-refractivity contribution in [1.82, 2.24) is 19.8 Å². The zero-order valence-electron chi connectivity index (χ0n) is 16.3. The maximum Gasteiger partial charge on any atom is 0.264 e. The lowest BCUT2D eigenvalue weighted by Gasteiger charge is -2.29. The number of nitrogens with one attached hydrogen (secondary N) is 1. The Labute approximate surface area is 172 Å². The number of H-pyrrole nitrogens is 1. The number of hydrogen-bond donors (Lipinski definition) is 1. The Bertz CT molecular complexity index is 956. The lowest BCUT2D eigenvalue weighted by atomic mass is 10.1. The van der Waals surface area contributed by atoms with Gasteiger partial charge in [-0.1, -0.05) is 6.07 Å². The molecule has 1 N–H and O–H groups in total. The third-order valence-electron chi connectivity index (χ3n) is 5.52. The molecule has 2 aliphatic rings. The minimum atomic E-state index is -0.235. The van der Waals surface area contributed by atoms with Crippen molar-refractivity contribution in [2.75, 3.05) is 26.8 Å². The summed E-state index contributed by atoms with van der Waals surface area (Å²) in [6.45, 7) is 1.83. The van der Waals surface area contributed by atoms with E-state index in [1.807, 2.05) is 11.4 Å². The van der Waals surface area contributed by atoms with Gasteiger partial charge < -0.3 is 19.5 Å². The molecule has 0 unspecified atom stereocenters. The molecule has 4 rings (SSSR count). The molecule has 4 heterocycles. The van der Waals surface area contributed by atoms with Gasteiger partial charge in [-0.15, -0.1) is 11.3 Å². The van der Waals surface area contributed by atoms with E-state index in [1.165, 1.54) is 11.3 Å². The molecule has 2 aromatic rings. The fourth-order valence-electron chi connectivity index (χ4n) is 4.03. The lowest BCUT2D eigenvalue weighted by molar-refractivity contribution is -0.133. The molecule has 1 atom stereocenters. The van der Waals surface area contributed by atoms with E-state index >= 15 is 0 Å². The number of aromatic amines is 1. The van der Waals surface area contributed by atoms with Gasteiger partial charge in [-0.25, -0.2) is 4.98 Å². The van der Waals surface area contributed by atoms with E-state index in [1.54, 1.807) is 23.0 Å². The highest BCUT2D eigenvalue weighted by Gasteiger charge is 2.33. The highest BCUT2D eigenvalue weighted by molar-refractivity contribution is 7.12. The second kappa shape index (κ2) is 8.46. The molecule has 0 aliphatic carbocycles. The number of carbonyl (C=O) groups is 2. The summed E-state index contributed by atoms with van der Waals surface area (Å²) in [5.74, 6) is 0.484. The van der Waals surface area contributed by atoms with Crippen molar-refractivity contribution in [2.24, 2.45) is 0 Å². The first-order valence-corrected chi connectivity index (χ1v) is 10.7. The van der Waals surface area contributed by atoms with Crippen molar-refractivity contribution in [3.63, 3.8) is 0 Å². The second-order valence-electron chi connectivity index (χ2n) is 7.32. The highest BCUT2D eigenvalue weighted by atomic mass is 32.1. The molecule has 154 valence electrons. The minimum absolute atomic E-state index is 0.00391. The van der Waals surface area contributed by atoms with Crippen molar-refractivity contribution in [1.29, 1.82) is 0 Å². The Kier molecular flexibility index (Phi) is 5.77. The van der Waals surface area contributed by atoms with E-state index in [2.05, 4.69) is 4.98 Å². The number of aromatic nitrogens is 2. The van der Waals surface area contributed by atoms with Crippen LogP contribution in [0.2, 0.25) is 0 Å². The summed E-state index contributed by atoms with van der Waals surface area (Å²) >= 11 is 1.41. The maximum atomic E-state index is 12.7. The van der Waals surface area contributed by atoms with Crippen LogP contribution in [0.3, 0.4) is 0 Å². The number of likely N-dealkylation sites (tertiary alicyclic amines) is 1. The van der Waals surface area contributed by atoms with Crippen LogP contribution in [-0.4, -0.2) is 58.4 Å². The van der Waals surface area contributed by atoms with Crippen LogP contribution in [0, 0.1) is 0 Å². The predicted octanol–water partition coefficient (Wildman–Crippen LogP) is 1.73. The average Bonchev–Trinajstić information content (AvgIpc) is 3.43. The van der Waals surface area contributed by atoms with E-state index < -0.39 is 0 Å². The summed E-state index contributed by atoms with van der Waals surface area (Å²) < 4.78 is 5.01. The number of fused-ring (bicyclic) bond motifs is 1. The average molecular weight is 417 g/mol. The summed E-state index contributed by atoms with van der Waals surface area (Å²) in [6.07, 6.45) is 2.42. The van der Waals surface area contributed by atoms with Gasteiger partial charge >= 0.3 is 0 Å². The van der Waals surface area contributed by atoms with Gasteiger partial charge in [0.1, 0.15) is 5.82 Å². The quantitative estimate of drug-likeness (QED) is 0.801. The van der Waals surface area contributed by atoms with Gasteiger partial charge in [-0.2, -0.15) is 0 Å². The minimum Gasteiger partial charge on any atom is -0.384 e. The summed E-state index contributed by atoms with van der Waals surface area (Å²) in [5.41, 5.74) is 1.11. The molecule has 1 fully saturated rings. The molecule has 0 aromatic carbocycles. The van der Waals surface area contributed by atoms with Crippen LogP contribution in [0.15, 0.2) is 22.3 Å². The monoisotopic (exact) mass is 416 g/mol. The molecule has 29 heavy (non-hydrogen) atoms. The number of thiophene rings is 1. The molecule has 0 spiro atoms. The molecule has 8 nitrogen and oxygen atoms in total. The summed E-state index contributed by atoms with van der Waals surface area (Å²) in [7, 11) is 1.57. The first-order valence-electron chi connectivity index (χ1n) is 9.81. The number of methoxy groups -OCH3 is 1. The molecule has 2 aromatic heterocycles. The molecule has 2 amide bonds. The van der Waals surface area contributed by atoms with Crippen LogP contribution >= 0.6 is 11.3 Å². The Morgan fingerprint density at radius 1 is 1.38 bits per heavy atom. The van der Waals surface area contributed by atoms with Crippen molar-refractivity contribution in [2.45, 2.75) is 38.3 Å². The fraction of sp³-hybridized carbons (Fsp3) is 0.500. The largest absolute Gasteiger partial charge is 0.384 e. The number of ether oxygens (including phenoxy) is 1. The molecule has 0 radical (unpaired) electrons. The molecule has 1 saturated heterocycles. The van der Waals surface area contributed by atoms with Crippen LogP contribution in [0.5, 0.6) is 0 Å². The lowest BCUT2D eigenvalue weighted by Crippen LogP contribution is -2.40. The number of rotatable bonds is 5. The van der Waals surface area contributed by atoms with Crippen LogP contribution in [-0.2, 0) is 22.5 Å². The molecular weight excluding hydrogens is 392 g/mol. The summed E-state index contributed by atoms with van der Waals surface area (Å²) in [4.78, 5) is 49.7. The van der Waals surface area contributed by atoms with Crippen molar-refractivity contribution in [3.8, 4) is 0 Å². The third-order valence-corrected chi connectivity index (χ3v) is 6.38. The van der Waals surface area contributed by atoms with Crippen LogP contribution in [0.1, 0.15) is 52.1 Å². The van der Waals surface area contributed by atoms with E-state index in [9.17, 15) is 14.4 Å². The SMILES string of the molecule is COCCC(=O)N1CCC[C@@H]1c1nc2c(c(=O)[nH]1)CCN(C(=O)c1cccs1)C2. The number of amides is 2. The zero-order valence-corrected chi connectivity index (χ0v) is 17.2. The summed E-state index contributed by atoms with van der Waals surface area (Å²) in [5, 5.41) is 1.88.